The number of hydrogen-bond acceptors (Lipinski definition) is 7. The number of carbonyl (C=O) groups is 2. The number of nitrogens with zero attached hydrogens (tertiary/aromatic N) is 2. The molecule has 0 aromatic heterocycles. The Bertz CT molecular complexity index is 1480. The van der Waals surface area contributed by atoms with E-state index in [4.69, 9.17) is 9.47 Å². The molecule has 3 aromatic carbocycles. The standard InChI is InChI=1S/C33H43N3O6S2/c1-7-24(4)34-33(38)31(8-2)35(22-25-11-10-12-28(21-25)41-5)32(37)23-36(26-13-15-27(16-14-26)42-9-3)44(39,40)30-19-17-29(43-6)18-20-30/h10-21,24,31H,7-9,22-23H2,1-6H3,(H,34,38)/t24-,31+/m1/s1. The van der Waals surface area contributed by atoms with Gasteiger partial charge >= 0.3 is 0 Å². The Hall–Kier alpha value is -3.70. The number of ether oxygens (including phenoxy) is 2. The third kappa shape index (κ3) is 8.92. The van der Waals surface area contributed by atoms with Gasteiger partial charge in [-0.1, -0.05) is 26.0 Å². The number of hydrogen-bond donors (Lipinski definition) is 1. The fourth-order valence-corrected chi connectivity index (χ4v) is 6.43. The number of benzene rings is 3. The fourth-order valence-electron chi connectivity index (χ4n) is 4.61. The third-order valence-electron chi connectivity index (χ3n) is 7.24. The maximum Gasteiger partial charge on any atom is 0.264 e. The van der Waals surface area contributed by atoms with Crippen LogP contribution in [-0.4, -0.2) is 63.7 Å². The molecule has 9 nitrogen and oxygen atoms in total. The van der Waals surface area contributed by atoms with Crippen molar-refractivity contribution in [2.75, 3.05) is 30.8 Å². The van der Waals surface area contributed by atoms with Crippen molar-refractivity contribution in [1.29, 1.82) is 0 Å². The molecule has 238 valence electrons. The summed E-state index contributed by atoms with van der Waals surface area (Å²) in [5.74, 6) is 0.384. The highest BCUT2D eigenvalue weighted by atomic mass is 32.2. The lowest BCUT2D eigenvalue weighted by atomic mass is 10.1. The zero-order valence-corrected chi connectivity index (χ0v) is 27.9. The zero-order chi connectivity index (χ0) is 32.3. The Kier molecular flexibility index (Phi) is 13.0. The number of methoxy groups -OCH3 is 1. The van der Waals surface area contributed by atoms with Crippen LogP contribution in [0.25, 0.3) is 0 Å². The van der Waals surface area contributed by atoms with E-state index < -0.39 is 28.5 Å². The van der Waals surface area contributed by atoms with E-state index in [1.54, 1.807) is 55.6 Å². The van der Waals surface area contributed by atoms with Crippen molar-refractivity contribution in [3.8, 4) is 11.5 Å². The van der Waals surface area contributed by atoms with Crippen molar-refractivity contribution in [2.24, 2.45) is 0 Å². The van der Waals surface area contributed by atoms with Crippen molar-refractivity contribution in [3.05, 3.63) is 78.4 Å². The summed E-state index contributed by atoms with van der Waals surface area (Å²) in [6, 6.07) is 19.5. The van der Waals surface area contributed by atoms with E-state index in [1.807, 2.05) is 46.1 Å². The smallest absolute Gasteiger partial charge is 0.264 e. The van der Waals surface area contributed by atoms with Crippen LogP contribution in [0.15, 0.2) is 82.6 Å². The number of carbonyl (C=O) groups excluding carboxylic acids is 2. The number of anilines is 1. The van der Waals surface area contributed by atoms with Gasteiger partial charge in [0.25, 0.3) is 10.0 Å². The minimum absolute atomic E-state index is 0.0536. The Labute approximate surface area is 266 Å². The molecule has 0 radical (unpaired) electrons. The average molecular weight is 642 g/mol. The van der Waals surface area contributed by atoms with Gasteiger partial charge in [-0.3, -0.25) is 13.9 Å². The van der Waals surface area contributed by atoms with Gasteiger partial charge in [-0.15, -0.1) is 11.8 Å². The minimum atomic E-state index is -4.18. The van der Waals surface area contributed by atoms with E-state index in [-0.39, 0.29) is 23.4 Å². The van der Waals surface area contributed by atoms with Gasteiger partial charge < -0.3 is 19.7 Å². The van der Waals surface area contributed by atoms with Gasteiger partial charge in [-0.05, 0) is 99.2 Å². The number of amides is 2. The van der Waals surface area contributed by atoms with Crippen LogP contribution in [0.2, 0.25) is 0 Å². The second-order valence-electron chi connectivity index (χ2n) is 10.2. The van der Waals surface area contributed by atoms with Gasteiger partial charge in [0.2, 0.25) is 11.8 Å². The maximum absolute atomic E-state index is 14.3. The molecule has 2 atom stereocenters. The number of nitrogens with one attached hydrogen (secondary N) is 1. The second-order valence-corrected chi connectivity index (χ2v) is 13.0. The molecule has 0 saturated heterocycles. The summed E-state index contributed by atoms with van der Waals surface area (Å²) in [5.41, 5.74) is 1.05. The largest absolute Gasteiger partial charge is 0.497 e. The molecule has 0 spiro atoms. The lowest BCUT2D eigenvalue weighted by molar-refractivity contribution is -0.140. The molecule has 11 heteroatoms. The molecule has 0 saturated carbocycles. The van der Waals surface area contributed by atoms with Gasteiger partial charge in [0.15, 0.2) is 0 Å². The average Bonchev–Trinajstić information content (AvgIpc) is 3.04. The first-order valence-electron chi connectivity index (χ1n) is 14.7. The van der Waals surface area contributed by atoms with Crippen LogP contribution < -0.4 is 19.1 Å². The van der Waals surface area contributed by atoms with E-state index in [0.29, 0.717) is 30.2 Å². The van der Waals surface area contributed by atoms with Crippen LogP contribution in [0.3, 0.4) is 0 Å². The minimum Gasteiger partial charge on any atom is -0.497 e. The summed E-state index contributed by atoms with van der Waals surface area (Å²) >= 11 is 1.50. The van der Waals surface area contributed by atoms with Gasteiger partial charge in [0.05, 0.1) is 24.3 Å². The predicted octanol–water partition coefficient (Wildman–Crippen LogP) is 5.73. The predicted molar refractivity (Wildman–Crippen MR) is 176 cm³/mol. The molecule has 0 aliphatic heterocycles. The van der Waals surface area contributed by atoms with Crippen LogP contribution in [0.1, 0.15) is 46.1 Å². The highest BCUT2D eigenvalue weighted by molar-refractivity contribution is 7.98. The molecule has 44 heavy (non-hydrogen) atoms. The lowest BCUT2D eigenvalue weighted by Gasteiger charge is -2.33. The Balaban J connectivity index is 2.08. The molecule has 3 rings (SSSR count). The molecular weight excluding hydrogens is 599 g/mol. The van der Waals surface area contributed by atoms with E-state index in [1.165, 1.54) is 28.8 Å². The Morgan fingerprint density at radius 1 is 0.932 bits per heavy atom. The number of sulfonamides is 1. The molecule has 0 heterocycles. The quantitative estimate of drug-likeness (QED) is 0.199. The fraction of sp³-hybridized carbons (Fsp3) is 0.394. The van der Waals surface area contributed by atoms with Crippen LogP contribution in [0.5, 0.6) is 11.5 Å². The summed E-state index contributed by atoms with van der Waals surface area (Å²) in [6.45, 7) is 7.59. The summed E-state index contributed by atoms with van der Waals surface area (Å²) in [6.07, 6.45) is 2.97. The van der Waals surface area contributed by atoms with Crippen molar-refractivity contribution in [1.82, 2.24) is 10.2 Å². The van der Waals surface area contributed by atoms with Crippen molar-refractivity contribution >= 4 is 39.3 Å². The molecule has 0 aliphatic carbocycles. The van der Waals surface area contributed by atoms with Crippen LogP contribution in [0, 0.1) is 0 Å². The highest BCUT2D eigenvalue weighted by Crippen LogP contribution is 2.28. The van der Waals surface area contributed by atoms with Crippen LogP contribution in [-0.2, 0) is 26.2 Å². The molecule has 1 N–H and O–H groups in total. The molecule has 0 bridgehead atoms. The van der Waals surface area contributed by atoms with Crippen LogP contribution in [0.4, 0.5) is 5.69 Å². The van der Waals surface area contributed by atoms with E-state index >= 15 is 0 Å². The first-order chi connectivity index (χ1) is 21.1. The molecule has 2 amide bonds. The molecule has 3 aromatic rings. The van der Waals surface area contributed by atoms with Crippen molar-refractivity contribution < 1.29 is 27.5 Å². The summed E-state index contributed by atoms with van der Waals surface area (Å²) in [4.78, 5) is 30.2. The van der Waals surface area contributed by atoms with Gasteiger partial charge in [-0.25, -0.2) is 8.42 Å². The first-order valence-corrected chi connectivity index (χ1v) is 17.4. The number of rotatable bonds is 16. The molecule has 0 aliphatic rings. The molecular formula is C33H43N3O6S2. The van der Waals surface area contributed by atoms with Crippen molar-refractivity contribution in [3.63, 3.8) is 0 Å². The van der Waals surface area contributed by atoms with Crippen LogP contribution >= 0.6 is 11.8 Å². The highest BCUT2D eigenvalue weighted by Gasteiger charge is 2.34. The van der Waals surface area contributed by atoms with Crippen molar-refractivity contribution in [2.45, 2.75) is 69.0 Å². The normalized spacial score (nSPS) is 12.6. The molecule has 0 fully saturated rings. The van der Waals surface area contributed by atoms with E-state index in [0.717, 1.165) is 21.2 Å². The Morgan fingerprint density at radius 2 is 1.61 bits per heavy atom. The SMILES string of the molecule is CCOc1ccc(N(CC(=O)N(Cc2cccc(OC)c2)[C@@H](CC)C(=O)N[C@H](C)CC)S(=O)(=O)c2ccc(SC)cc2)cc1. The van der Waals surface area contributed by atoms with Gasteiger partial charge in [-0.2, -0.15) is 0 Å². The molecule has 0 unspecified atom stereocenters. The second kappa shape index (κ2) is 16.4. The number of thioether (sulfide) groups is 1. The first kappa shape index (κ1) is 34.8. The monoisotopic (exact) mass is 641 g/mol. The third-order valence-corrected chi connectivity index (χ3v) is 9.77. The van der Waals surface area contributed by atoms with Gasteiger partial charge in [0, 0.05) is 17.5 Å². The van der Waals surface area contributed by atoms with E-state index in [2.05, 4.69) is 5.32 Å². The zero-order valence-electron chi connectivity index (χ0n) is 26.3. The summed E-state index contributed by atoms with van der Waals surface area (Å²) < 4.78 is 40.3. The maximum atomic E-state index is 14.3. The summed E-state index contributed by atoms with van der Waals surface area (Å²) in [7, 11) is -2.62. The summed E-state index contributed by atoms with van der Waals surface area (Å²) in [5, 5.41) is 2.99. The topological polar surface area (TPSA) is 105 Å². The lowest BCUT2D eigenvalue weighted by Crippen LogP contribution is -2.53. The Morgan fingerprint density at radius 3 is 2.18 bits per heavy atom. The van der Waals surface area contributed by atoms with Gasteiger partial charge in [0.1, 0.15) is 24.1 Å². The van der Waals surface area contributed by atoms with E-state index in [9.17, 15) is 18.0 Å².